The Kier molecular flexibility index (Phi) is 4.98. The number of hydrogen-bond donors (Lipinski definition) is 0. The minimum atomic E-state index is 0.0314. The number of likely N-dealkylation sites (tertiary alicyclic amines) is 1. The molecule has 1 fully saturated rings. The Hall–Kier alpha value is -2.96. The van der Waals surface area contributed by atoms with E-state index in [1.165, 1.54) is 0 Å². The zero-order valence-electron chi connectivity index (χ0n) is 16.2. The van der Waals surface area contributed by atoms with Crippen LogP contribution < -0.4 is 5.56 Å². The van der Waals surface area contributed by atoms with E-state index in [1.54, 1.807) is 10.9 Å². The molecule has 0 bridgehead atoms. The third-order valence-electron chi connectivity index (χ3n) is 5.71. The van der Waals surface area contributed by atoms with Crippen LogP contribution in [0, 0.1) is 19.8 Å². The topological polar surface area (TPSA) is 81.2 Å². The summed E-state index contributed by atoms with van der Waals surface area (Å²) in [6, 6.07) is 7.59. The lowest BCUT2D eigenvalue weighted by Gasteiger charge is -2.32. The van der Waals surface area contributed by atoms with Gasteiger partial charge in [-0.05, 0) is 44.7 Å². The number of piperidine rings is 1. The van der Waals surface area contributed by atoms with Gasteiger partial charge in [0.2, 0.25) is 5.91 Å². The van der Waals surface area contributed by atoms with E-state index < -0.39 is 0 Å². The highest BCUT2D eigenvalue weighted by atomic mass is 16.5. The number of nitrogens with zero attached hydrogens (tertiary/aromatic N) is 4. The summed E-state index contributed by atoms with van der Waals surface area (Å²) in [6.45, 7) is 5.72. The number of hydrogen-bond acceptors (Lipinski definition) is 5. The van der Waals surface area contributed by atoms with Crippen LogP contribution in [0.15, 0.2) is 39.9 Å². The van der Waals surface area contributed by atoms with Gasteiger partial charge in [0.15, 0.2) is 5.58 Å². The number of benzene rings is 1. The Morgan fingerprint density at radius 1 is 1.21 bits per heavy atom. The maximum absolute atomic E-state index is 12.7. The van der Waals surface area contributed by atoms with Gasteiger partial charge in [-0.3, -0.25) is 14.2 Å². The first kappa shape index (κ1) is 18.4. The predicted octanol–water partition coefficient (Wildman–Crippen LogP) is 2.48. The molecule has 7 heteroatoms. The Morgan fingerprint density at radius 2 is 1.96 bits per heavy atom. The van der Waals surface area contributed by atoms with Crippen molar-refractivity contribution in [3.05, 3.63) is 57.9 Å². The van der Waals surface area contributed by atoms with Gasteiger partial charge in [0, 0.05) is 36.3 Å². The maximum atomic E-state index is 12.7. The normalized spacial score (nSPS) is 15.3. The molecule has 0 radical (unpaired) electrons. The molecular formula is C21H24N4O3. The summed E-state index contributed by atoms with van der Waals surface area (Å²) in [7, 11) is 0. The summed E-state index contributed by atoms with van der Waals surface area (Å²) in [5.41, 5.74) is 2.91. The third kappa shape index (κ3) is 3.56. The lowest BCUT2D eigenvalue weighted by Crippen LogP contribution is -2.41. The van der Waals surface area contributed by atoms with Gasteiger partial charge in [-0.2, -0.15) is 0 Å². The summed E-state index contributed by atoms with van der Waals surface area (Å²) in [6.07, 6.45) is 3.65. The fraction of sp³-hybridized carbons (Fsp3) is 0.429. The minimum Gasteiger partial charge on any atom is -0.356 e. The van der Waals surface area contributed by atoms with E-state index in [-0.39, 0.29) is 17.9 Å². The van der Waals surface area contributed by atoms with Crippen LogP contribution in [0.2, 0.25) is 0 Å². The van der Waals surface area contributed by atoms with Crippen molar-refractivity contribution in [1.29, 1.82) is 0 Å². The molecule has 146 valence electrons. The van der Waals surface area contributed by atoms with Crippen LogP contribution in [0.4, 0.5) is 0 Å². The van der Waals surface area contributed by atoms with Crippen molar-refractivity contribution in [2.75, 3.05) is 13.1 Å². The number of rotatable bonds is 4. The molecule has 3 heterocycles. The molecular weight excluding hydrogens is 356 g/mol. The third-order valence-corrected chi connectivity index (χ3v) is 5.71. The average Bonchev–Trinajstić information content (AvgIpc) is 3.12. The van der Waals surface area contributed by atoms with E-state index in [1.807, 2.05) is 43.0 Å². The molecule has 2 aromatic heterocycles. The van der Waals surface area contributed by atoms with E-state index in [9.17, 15) is 9.59 Å². The standard InChI is InChI=1S/C21H24N4O3/c1-14-15(2)22-13-25(21(14)27)12-16-7-9-24(10-8-16)20(26)11-18-17-5-3-4-6-19(17)28-23-18/h3-6,13,16H,7-12H2,1-2H3. The number of carbonyl (C=O) groups excluding carboxylic acids is 1. The van der Waals surface area contributed by atoms with Crippen LogP contribution in [0.25, 0.3) is 11.0 Å². The molecule has 0 aliphatic carbocycles. The van der Waals surface area contributed by atoms with Crippen LogP contribution in [-0.4, -0.2) is 38.6 Å². The van der Waals surface area contributed by atoms with Crippen LogP contribution in [-0.2, 0) is 17.8 Å². The molecule has 0 atom stereocenters. The van der Waals surface area contributed by atoms with Crippen molar-refractivity contribution in [2.24, 2.45) is 5.92 Å². The van der Waals surface area contributed by atoms with Crippen molar-refractivity contribution < 1.29 is 9.32 Å². The number of aromatic nitrogens is 3. The highest BCUT2D eigenvalue weighted by Gasteiger charge is 2.24. The molecule has 1 saturated heterocycles. The molecule has 0 spiro atoms. The van der Waals surface area contributed by atoms with Gasteiger partial charge in [-0.25, -0.2) is 4.98 Å². The summed E-state index contributed by atoms with van der Waals surface area (Å²) >= 11 is 0. The zero-order valence-corrected chi connectivity index (χ0v) is 16.2. The first-order valence-corrected chi connectivity index (χ1v) is 9.66. The summed E-state index contributed by atoms with van der Waals surface area (Å²) in [5.74, 6) is 0.445. The smallest absolute Gasteiger partial charge is 0.256 e. The average molecular weight is 380 g/mol. The van der Waals surface area contributed by atoms with Crippen LogP contribution in [0.1, 0.15) is 29.8 Å². The molecule has 4 rings (SSSR count). The highest BCUT2D eigenvalue weighted by Crippen LogP contribution is 2.22. The fourth-order valence-corrected chi connectivity index (χ4v) is 3.77. The van der Waals surface area contributed by atoms with Gasteiger partial charge in [0.1, 0.15) is 5.69 Å². The Balaban J connectivity index is 1.35. The second kappa shape index (κ2) is 7.58. The second-order valence-electron chi connectivity index (χ2n) is 7.54. The Labute approximate surface area is 163 Å². The Bertz CT molecular complexity index is 1060. The molecule has 28 heavy (non-hydrogen) atoms. The minimum absolute atomic E-state index is 0.0314. The molecule has 0 N–H and O–H groups in total. The van der Waals surface area contributed by atoms with Gasteiger partial charge in [0.05, 0.1) is 12.7 Å². The monoisotopic (exact) mass is 380 g/mol. The molecule has 1 amide bonds. The van der Waals surface area contributed by atoms with E-state index in [4.69, 9.17) is 4.52 Å². The quantitative estimate of drug-likeness (QED) is 0.695. The predicted molar refractivity (Wildman–Crippen MR) is 105 cm³/mol. The molecule has 1 aliphatic heterocycles. The number of para-hydroxylation sites is 1. The summed E-state index contributed by atoms with van der Waals surface area (Å²) < 4.78 is 6.99. The number of carbonyl (C=O) groups is 1. The first-order chi connectivity index (χ1) is 13.5. The molecule has 3 aromatic rings. The van der Waals surface area contributed by atoms with Crippen LogP contribution in [0.5, 0.6) is 0 Å². The van der Waals surface area contributed by atoms with Gasteiger partial charge in [-0.15, -0.1) is 0 Å². The molecule has 0 unspecified atom stereocenters. The SMILES string of the molecule is Cc1ncn(CC2CCN(C(=O)Cc3noc4ccccc34)CC2)c(=O)c1C. The largest absolute Gasteiger partial charge is 0.356 e. The summed E-state index contributed by atoms with van der Waals surface area (Å²) in [5, 5.41) is 4.95. The molecule has 1 aromatic carbocycles. The van der Waals surface area contributed by atoms with Crippen molar-refractivity contribution >= 4 is 16.9 Å². The van der Waals surface area contributed by atoms with Gasteiger partial charge in [0.25, 0.3) is 5.56 Å². The van der Waals surface area contributed by atoms with E-state index in [0.29, 0.717) is 42.4 Å². The van der Waals surface area contributed by atoms with Crippen LogP contribution >= 0.6 is 0 Å². The maximum Gasteiger partial charge on any atom is 0.256 e. The molecule has 7 nitrogen and oxygen atoms in total. The van der Waals surface area contributed by atoms with Gasteiger partial charge < -0.3 is 9.42 Å². The van der Waals surface area contributed by atoms with E-state index in [2.05, 4.69) is 10.1 Å². The second-order valence-corrected chi connectivity index (χ2v) is 7.54. The number of aryl methyl sites for hydroxylation is 1. The van der Waals surface area contributed by atoms with E-state index >= 15 is 0 Å². The molecule has 0 saturated carbocycles. The van der Waals surface area contributed by atoms with Crippen LogP contribution in [0.3, 0.4) is 0 Å². The van der Waals surface area contributed by atoms with Crippen molar-refractivity contribution in [3.8, 4) is 0 Å². The Morgan fingerprint density at radius 3 is 2.75 bits per heavy atom. The van der Waals surface area contributed by atoms with E-state index in [0.717, 1.165) is 23.9 Å². The van der Waals surface area contributed by atoms with Gasteiger partial charge >= 0.3 is 0 Å². The van der Waals surface area contributed by atoms with Gasteiger partial charge in [-0.1, -0.05) is 17.3 Å². The highest BCUT2D eigenvalue weighted by molar-refractivity contribution is 5.86. The molecule has 1 aliphatic rings. The van der Waals surface area contributed by atoms with Crippen molar-refractivity contribution in [2.45, 2.75) is 39.7 Å². The summed E-state index contributed by atoms with van der Waals surface area (Å²) in [4.78, 5) is 31.2. The first-order valence-electron chi connectivity index (χ1n) is 9.66. The number of amides is 1. The van der Waals surface area contributed by atoms with Crippen molar-refractivity contribution in [1.82, 2.24) is 19.6 Å². The zero-order chi connectivity index (χ0) is 19.7. The lowest BCUT2D eigenvalue weighted by molar-refractivity contribution is -0.132. The van der Waals surface area contributed by atoms with Crippen molar-refractivity contribution in [3.63, 3.8) is 0 Å². The lowest BCUT2D eigenvalue weighted by atomic mass is 9.96. The fourth-order valence-electron chi connectivity index (χ4n) is 3.77. The number of fused-ring (bicyclic) bond motifs is 1.